The maximum atomic E-state index is 12.3. The van der Waals surface area contributed by atoms with E-state index in [0.717, 1.165) is 17.7 Å². The standard InChI is InChI=1S/C18H14ClN5O4S/c1-10(20-16(26)13-8-7-12(24(27)28)9-14(13)19)15(25)21-18-23-22-17(29-18)11-5-3-2-4-6-11/h2-10H,1H3,(H,20,26)(H,21,23,25). The zero-order chi connectivity index (χ0) is 21.0. The Labute approximate surface area is 173 Å². The van der Waals surface area contributed by atoms with Gasteiger partial charge in [0.1, 0.15) is 11.0 Å². The SMILES string of the molecule is CC(NC(=O)c1ccc([N+](=O)[O-])cc1Cl)C(=O)Nc1nnc(-c2ccccc2)s1. The number of hydrogen-bond acceptors (Lipinski definition) is 7. The highest BCUT2D eigenvalue weighted by Crippen LogP contribution is 2.26. The van der Waals surface area contributed by atoms with Crippen LogP contribution in [0.15, 0.2) is 48.5 Å². The molecule has 0 bridgehead atoms. The van der Waals surface area contributed by atoms with E-state index in [2.05, 4.69) is 20.8 Å². The van der Waals surface area contributed by atoms with Crippen LogP contribution in [0.3, 0.4) is 0 Å². The van der Waals surface area contributed by atoms with Crippen LogP contribution < -0.4 is 10.6 Å². The van der Waals surface area contributed by atoms with E-state index >= 15 is 0 Å². The van der Waals surface area contributed by atoms with Gasteiger partial charge in [0.15, 0.2) is 0 Å². The Morgan fingerprint density at radius 2 is 1.90 bits per heavy atom. The minimum atomic E-state index is -0.905. The van der Waals surface area contributed by atoms with Gasteiger partial charge in [-0.1, -0.05) is 53.3 Å². The van der Waals surface area contributed by atoms with Crippen molar-refractivity contribution in [3.05, 3.63) is 69.2 Å². The summed E-state index contributed by atoms with van der Waals surface area (Å²) >= 11 is 7.14. The number of nitro benzene ring substituents is 1. The third kappa shape index (κ3) is 4.92. The molecule has 0 saturated carbocycles. The molecule has 0 saturated heterocycles. The summed E-state index contributed by atoms with van der Waals surface area (Å²) in [6.07, 6.45) is 0. The van der Waals surface area contributed by atoms with E-state index in [-0.39, 0.29) is 16.3 Å². The topological polar surface area (TPSA) is 127 Å². The van der Waals surface area contributed by atoms with Gasteiger partial charge in [-0.15, -0.1) is 10.2 Å². The Bertz CT molecular complexity index is 1070. The number of amides is 2. The van der Waals surface area contributed by atoms with Gasteiger partial charge in [-0.25, -0.2) is 0 Å². The quantitative estimate of drug-likeness (QED) is 0.454. The lowest BCUT2D eigenvalue weighted by Gasteiger charge is -2.13. The number of nitrogens with one attached hydrogen (secondary N) is 2. The number of halogens is 1. The number of benzene rings is 2. The van der Waals surface area contributed by atoms with E-state index in [1.54, 1.807) is 0 Å². The first-order chi connectivity index (χ1) is 13.8. The predicted molar refractivity (Wildman–Crippen MR) is 109 cm³/mol. The van der Waals surface area contributed by atoms with Crippen LogP contribution >= 0.6 is 22.9 Å². The Morgan fingerprint density at radius 1 is 1.17 bits per heavy atom. The molecule has 1 heterocycles. The van der Waals surface area contributed by atoms with Crippen molar-refractivity contribution in [2.45, 2.75) is 13.0 Å². The van der Waals surface area contributed by atoms with Gasteiger partial charge in [0, 0.05) is 17.7 Å². The summed E-state index contributed by atoms with van der Waals surface area (Å²) in [5.74, 6) is -1.12. The summed E-state index contributed by atoms with van der Waals surface area (Å²) in [5.41, 5.74) is 0.668. The van der Waals surface area contributed by atoms with Crippen molar-refractivity contribution in [1.82, 2.24) is 15.5 Å². The van der Waals surface area contributed by atoms with Crippen molar-refractivity contribution >= 4 is 45.6 Å². The zero-order valence-corrected chi connectivity index (χ0v) is 16.5. The van der Waals surface area contributed by atoms with Gasteiger partial charge in [-0.3, -0.25) is 25.0 Å². The molecule has 1 unspecified atom stereocenters. The summed E-state index contributed by atoms with van der Waals surface area (Å²) in [7, 11) is 0. The van der Waals surface area contributed by atoms with Crippen molar-refractivity contribution in [3.8, 4) is 10.6 Å². The van der Waals surface area contributed by atoms with Crippen LogP contribution in [0.4, 0.5) is 10.8 Å². The van der Waals surface area contributed by atoms with Crippen LogP contribution in [0.5, 0.6) is 0 Å². The molecule has 3 aromatic rings. The normalized spacial score (nSPS) is 11.5. The number of anilines is 1. The number of rotatable bonds is 6. The van der Waals surface area contributed by atoms with E-state index in [1.807, 2.05) is 30.3 Å². The summed E-state index contributed by atoms with van der Waals surface area (Å²) in [4.78, 5) is 34.8. The molecule has 0 fully saturated rings. The fourth-order valence-electron chi connectivity index (χ4n) is 2.33. The molecule has 0 spiro atoms. The molecule has 0 aliphatic rings. The van der Waals surface area contributed by atoms with Crippen molar-refractivity contribution < 1.29 is 14.5 Å². The van der Waals surface area contributed by atoms with Crippen LogP contribution in [-0.2, 0) is 4.79 Å². The van der Waals surface area contributed by atoms with Crippen LogP contribution in [0, 0.1) is 10.1 Å². The van der Waals surface area contributed by atoms with E-state index in [0.29, 0.717) is 10.1 Å². The molecule has 1 atom stereocenters. The average molecular weight is 432 g/mol. The van der Waals surface area contributed by atoms with E-state index in [9.17, 15) is 19.7 Å². The Hall–Kier alpha value is -3.37. The molecule has 3 rings (SSSR count). The molecule has 2 N–H and O–H groups in total. The Kier molecular flexibility index (Phi) is 6.15. The number of nitro groups is 1. The molecular weight excluding hydrogens is 418 g/mol. The first-order valence-corrected chi connectivity index (χ1v) is 9.49. The van der Waals surface area contributed by atoms with Crippen molar-refractivity contribution in [2.24, 2.45) is 0 Å². The zero-order valence-electron chi connectivity index (χ0n) is 15.0. The second kappa shape index (κ2) is 8.76. The van der Waals surface area contributed by atoms with Crippen LogP contribution in [0.2, 0.25) is 5.02 Å². The van der Waals surface area contributed by atoms with Gasteiger partial charge in [0.25, 0.3) is 11.6 Å². The van der Waals surface area contributed by atoms with Gasteiger partial charge < -0.3 is 5.32 Å². The number of carbonyl (C=O) groups is 2. The summed E-state index contributed by atoms with van der Waals surface area (Å²) in [6.45, 7) is 1.49. The van der Waals surface area contributed by atoms with Crippen LogP contribution in [0.1, 0.15) is 17.3 Å². The third-order valence-electron chi connectivity index (χ3n) is 3.82. The number of nitrogens with zero attached hydrogens (tertiary/aromatic N) is 3. The number of aromatic nitrogens is 2. The maximum Gasteiger partial charge on any atom is 0.270 e. The lowest BCUT2D eigenvalue weighted by Crippen LogP contribution is -2.41. The molecule has 148 valence electrons. The monoisotopic (exact) mass is 431 g/mol. The molecule has 2 aromatic carbocycles. The Morgan fingerprint density at radius 3 is 2.55 bits per heavy atom. The first kappa shape index (κ1) is 20.4. The summed E-state index contributed by atoms with van der Waals surface area (Å²) in [6, 6.07) is 12.0. The van der Waals surface area contributed by atoms with Gasteiger partial charge in [0.05, 0.1) is 15.5 Å². The second-order valence-corrected chi connectivity index (χ2v) is 7.27. The minimum absolute atomic E-state index is 0.0270. The van der Waals surface area contributed by atoms with Crippen molar-refractivity contribution in [1.29, 1.82) is 0 Å². The van der Waals surface area contributed by atoms with E-state index < -0.39 is 22.8 Å². The summed E-state index contributed by atoms with van der Waals surface area (Å²) in [5, 5.41) is 24.7. The fraction of sp³-hybridized carbons (Fsp3) is 0.111. The Balaban J connectivity index is 1.63. The largest absolute Gasteiger partial charge is 0.340 e. The van der Waals surface area contributed by atoms with Crippen LogP contribution in [-0.4, -0.2) is 33.0 Å². The number of non-ortho nitro benzene ring substituents is 1. The van der Waals surface area contributed by atoms with Gasteiger partial charge in [-0.05, 0) is 13.0 Å². The molecular formula is C18H14ClN5O4S. The first-order valence-electron chi connectivity index (χ1n) is 8.29. The molecule has 0 aliphatic heterocycles. The molecule has 1 aromatic heterocycles. The predicted octanol–water partition coefficient (Wildman–Crippen LogP) is 3.52. The van der Waals surface area contributed by atoms with Crippen LogP contribution in [0.25, 0.3) is 10.6 Å². The minimum Gasteiger partial charge on any atom is -0.340 e. The van der Waals surface area contributed by atoms with Crippen molar-refractivity contribution in [2.75, 3.05) is 5.32 Å². The highest BCUT2D eigenvalue weighted by atomic mass is 35.5. The van der Waals surface area contributed by atoms with E-state index in [1.165, 1.54) is 24.3 Å². The molecule has 0 aliphatic carbocycles. The highest BCUT2D eigenvalue weighted by Gasteiger charge is 2.21. The number of hydrogen-bond donors (Lipinski definition) is 2. The maximum absolute atomic E-state index is 12.3. The molecule has 11 heteroatoms. The third-order valence-corrected chi connectivity index (χ3v) is 5.03. The summed E-state index contributed by atoms with van der Waals surface area (Å²) < 4.78 is 0. The lowest BCUT2D eigenvalue weighted by atomic mass is 10.1. The molecule has 0 radical (unpaired) electrons. The van der Waals surface area contributed by atoms with Gasteiger partial charge >= 0.3 is 0 Å². The molecule has 29 heavy (non-hydrogen) atoms. The van der Waals surface area contributed by atoms with Gasteiger partial charge in [-0.2, -0.15) is 0 Å². The lowest BCUT2D eigenvalue weighted by molar-refractivity contribution is -0.384. The second-order valence-electron chi connectivity index (χ2n) is 5.88. The average Bonchev–Trinajstić information content (AvgIpc) is 3.16. The molecule has 9 nitrogen and oxygen atoms in total. The van der Waals surface area contributed by atoms with Crippen molar-refractivity contribution in [3.63, 3.8) is 0 Å². The smallest absolute Gasteiger partial charge is 0.270 e. The number of carbonyl (C=O) groups excluding carboxylic acids is 2. The van der Waals surface area contributed by atoms with Gasteiger partial charge in [0.2, 0.25) is 11.0 Å². The van der Waals surface area contributed by atoms with E-state index in [4.69, 9.17) is 11.6 Å². The molecule has 2 amide bonds. The fourth-order valence-corrected chi connectivity index (χ4v) is 3.34. The highest BCUT2D eigenvalue weighted by molar-refractivity contribution is 7.18.